The Balaban J connectivity index is 1.60. The predicted molar refractivity (Wildman–Crippen MR) is 102 cm³/mol. The summed E-state index contributed by atoms with van der Waals surface area (Å²) in [4.78, 5) is 50.2. The molecule has 3 heterocycles. The van der Waals surface area contributed by atoms with Gasteiger partial charge in [0, 0.05) is 30.5 Å². The molecular weight excluding hydrogens is 386 g/mol. The Kier molecular flexibility index (Phi) is 4.82. The molecule has 0 unspecified atom stereocenters. The molecule has 10 nitrogen and oxygen atoms in total. The number of piperidine rings is 1. The third-order valence-corrected chi connectivity index (χ3v) is 5.18. The van der Waals surface area contributed by atoms with Crippen LogP contribution in [0, 0.1) is 0 Å². The van der Waals surface area contributed by atoms with Crippen LogP contribution in [-0.4, -0.2) is 43.1 Å². The van der Waals surface area contributed by atoms with Crippen molar-refractivity contribution >= 4 is 40.3 Å². The van der Waals surface area contributed by atoms with Crippen LogP contribution in [0.25, 0.3) is 11.1 Å². The average Bonchev–Trinajstić information content (AvgIpc) is 3.26. The van der Waals surface area contributed by atoms with Crippen LogP contribution in [0.2, 0.25) is 0 Å². The van der Waals surface area contributed by atoms with Crippen LogP contribution in [0.1, 0.15) is 29.8 Å². The van der Waals surface area contributed by atoms with E-state index in [4.69, 9.17) is 4.42 Å². The Hall–Kier alpha value is -3.21. The first-order valence-corrected chi connectivity index (χ1v) is 9.57. The fraction of sp³-hybridized carbons (Fsp3) is 0.353. The first-order chi connectivity index (χ1) is 13.5. The lowest BCUT2D eigenvalue weighted by atomic mass is 10.1. The molecule has 1 fully saturated rings. The molecule has 0 aliphatic carbocycles. The molecule has 4 rings (SSSR count). The van der Waals surface area contributed by atoms with Crippen molar-refractivity contribution in [3.63, 3.8) is 0 Å². The molecule has 1 aliphatic rings. The maximum Gasteiger partial charge on any atom is 0.420 e. The summed E-state index contributed by atoms with van der Waals surface area (Å²) in [6, 6.07) is 4.60. The number of carbonyl (C=O) groups is 2. The number of fused-ring (bicyclic) bond motifs is 1. The summed E-state index contributed by atoms with van der Waals surface area (Å²) in [5.41, 5.74) is 0.233. The van der Waals surface area contributed by atoms with Crippen LogP contribution in [0.5, 0.6) is 0 Å². The smallest absolute Gasteiger partial charge is 0.408 e. The van der Waals surface area contributed by atoms with Gasteiger partial charge in [-0.15, -0.1) is 0 Å². The summed E-state index contributed by atoms with van der Waals surface area (Å²) in [7, 11) is 0. The van der Waals surface area contributed by atoms with Crippen LogP contribution in [0.15, 0.2) is 32.2 Å². The van der Waals surface area contributed by atoms with Crippen LogP contribution < -0.4 is 16.6 Å². The van der Waals surface area contributed by atoms with E-state index in [1.165, 1.54) is 16.7 Å². The highest BCUT2D eigenvalue weighted by molar-refractivity contribution is 6.99. The van der Waals surface area contributed by atoms with Gasteiger partial charge in [-0.25, -0.2) is 4.79 Å². The number of hydrogen-bond donors (Lipinski definition) is 2. The van der Waals surface area contributed by atoms with Gasteiger partial charge in [-0.1, -0.05) is 0 Å². The normalized spacial score (nSPS) is 14.4. The van der Waals surface area contributed by atoms with E-state index in [0.717, 1.165) is 31.0 Å². The monoisotopic (exact) mass is 403 g/mol. The van der Waals surface area contributed by atoms with Crippen molar-refractivity contribution in [1.82, 2.24) is 18.2 Å². The topological polar surface area (TPSA) is 130 Å². The number of aromatic amines is 1. The van der Waals surface area contributed by atoms with E-state index >= 15 is 0 Å². The van der Waals surface area contributed by atoms with E-state index in [0.29, 0.717) is 29.9 Å². The number of rotatable bonds is 4. The summed E-state index contributed by atoms with van der Waals surface area (Å²) in [5.74, 6) is -1.45. The molecular formula is C17H17N5O5S. The van der Waals surface area contributed by atoms with Crippen molar-refractivity contribution in [3.8, 4) is 0 Å². The van der Waals surface area contributed by atoms with Crippen LogP contribution in [0.4, 0.5) is 5.69 Å². The quantitative estimate of drug-likeness (QED) is 0.668. The number of carbonyl (C=O) groups excluding carboxylic acids is 2. The van der Waals surface area contributed by atoms with Crippen LogP contribution in [-0.2, 0) is 11.3 Å². The molecule has 28 heavy (non-hydrogen) atoms. The van der Waals surface area contributed by atoms with Crippen LogP contribution in [0.3, 0.4) is 0 Å². The Bertz CT molecular complexity index is 1150. The number of amides is 2. The number of anilines is 1. The van der Waals surface area contributed by atoms with Crippen molar-refractivity contribution < 1.29 is 14.0 Å². The molecule has 1 saturated heterocycles. The van der Waals surface area contributed by atoms with E-state index < -0.39 is 17.2 Å². The Labute approximate surface area is 162 Å². The van der Waals surface area contributed by atoms with Crippen LogP contribution >= 0.6 is 11.7 Å². The third kappa shape index (κ3) is 3.48. The van der Waals surface area contributed by atoms with E-state index in [9.17, 15) is 19.2 Å². The van der Waals surface area contributed by atoms with Gasteiger partial charge in [-0.3, -0.25) is 23.3 Å². The number of oxazole rings is 1. The van der Waals surface area contributed by atoms with Gasteiger partial charge >= 0.3 is 5.76 Å². The molecule has 0 spiro atoms. The number of H-pyrrole nitrogens is 1. The Morgan fingerprint density at radius 3 is 2.71 bits per heavy atom. The molecule has 0 saturated carbocycles. The maximum absolute atomic E-state index is 12.5. The summed E-state index contributed by atoms with van der Waals surface area (Å²) >= 11 is 0.783. The number of aromatic nitrogens is 3. The second kappa shape index (κ2) is 7.43. The van der Waals surface area contributed by atoms with Gasteiger partial charge in [0.15, 0.2) is 5.58 Å². The number of hydrogen-bond acceptors (Lipinski definition) is 7. The van der Waals surface area contributed by atoms with Crippen molar-refractivity contribution in [2.45, 2.75) is 25.8 Å². The molecule has 1 aliphatic heterocycles. The van der Waals surface area contributed by atoms with Crippen molar-refractivity contribution in [2.24, 2.45) is 0 Å². The summed E-state index contributed by atoms with van der Waals surface area (Å²) in [5, 5.41) is 2.56. The van der Waals surface area contributed by atoms with Gasteiger partial charge < -0.3 is 14.6 Å². The lowest BCUT2D eigenvalue weighted by molar-refractivity contribution is -0.132. The molecule has 3 aromatic rings. The average molecular weight is 403 g/mol. The molecule has 2 amide bonds. The van der Waals surface area contributed by atoms with Gasteiger partial charge in [0.05, 0.1) is 5.52 Å². The largest absolute Gasteiger partial charge is 0.420 e. The number of likely N-dealkylation sites (tertiary alicyclic amines) is 1. The molecule has 2 N–H and O–H groups in total. The molecule has 11 heteroatoms. The van der Waals surface area contributed by atoms with Crippen molar-refractivity contribution in [1.29, 1.82) is 0 Å². The summed E-state index contributed by atoms with van der Waals surface area (Å²) < 4.78 is 12.5. The summed E-state index contributed by atoms with van der Waals surface area (Å²) in [6.07, 6.45) is 3.01. The minimum atomic E-state index is -0.663. The summed E-state index contributed by atoms with van der Waals surface area (Å²) in [6.45, 7) is 1.24. The highest BCUT2D eigenvalue weighted by atomic mass is 32.1. The van der Waals surface area contributed by atoms with E-state index in [1.807, 2.05) is 0 Å². The van der Waals surface area contributed by atoms with Gasteiger partial charge in [0.1, 0.15) is 6.54 Å². The Morgan fingerprint density at radius 2 is 2.00 bits per heavy atom. The fourth-order valence-corrected chi connectivity index (χ4v) is 3.69. The molecule has 0 radical (unpaired) electrons. The molecule has 0 atom stereocenters. The molecule has 1 aromatic carbocycles. The number of nitrogens with zero attached hydrogens (tertiary/aromatic N) is 3. The van der Waals surface area contributed by atoms with Gasteiger partial charge in [-0.2, -0.15) is 4.37 Å². The Morgan fingerprint density at radius 1 is 1.21 bits per heavy atom. The standard InChI is InChI=1S/C17H17N5O5S/c23-13(21-6-2-1-3-7-21)9-22-11-8-10(4-5-12(11)27-17(22)26)18-15(24)14-16(25)20-28-19-14/h4-5,8H,1-3,6-7,9H2,(H,18,24)(H,20,25). The second-order valence-electron chi connectivity index (χ2n) is 6.49. The fourth-order valence-electron chi connectivity index (χ4n) is 3.20. The lowest BCUT2D eigenvalue weighted by Crippen LogP contribution is -2.39. The zero-order valence-electron chi connectivity index (χ0n) is 14.8. The predicted octanol–water partition coefficient (Wildman–Crippen LogP) is 1.00. The molecule has 2 aromatic heterocycles. The first kappa shape index (κ1) is 18.2. The van der Waals surface area contributed by atoms with E-state index in [2.05, 4.69) is 14.1 Å². The van der Waals surface area contributed by atoms with E-state index in [-0.39, 0.29) is 18.1 Å². The lowest BCUT2D eigenvalue weighted by Gasteiger charge is -2.26. The zero-order chi connectivity index (χ0) is 19.7. The minimum Gasteiger partial charge on any atom is -0.408 e. The van der Waals surface area contributed by atoms with Gasteiger partial charge in [0.2, 0.25) is 11.6 Å². The molecule has 0 bridgehead atoms. The van der Waals surface area contributed by atoms with E-state index in [1.54, 1.807) is 11.0 Å². The zero-order valence-corrected chi connectivity index (χ0v) is 15.6. The number of nitrogens with one attached hydrogen (secondary N) is 2. The number of benzene rings is 1. The SMILES string of the molecule is O=C(Nc1ccc2oc(=O)n(CC(=O)N3CCCCC3)c2c1)c1ns[nH]c1=O. The van der Waals surface area contributed by atoms with Gasteiger partial charge in [0.25, 0.3) is 11.5 Å². The van der Waals surface area contributed by atoms with Gasteiger partial charge in [-0.05, 0) is 37.5 Å². The van der Waals surface area contributed by atoms with Crippen molar-refractivity contribution in [2.75, 3.05) is 18.4 Å². The van der Waals surface area contributed by atoms with Crippen molar-refractivity contribution in [3.05, 3.63) is 44.8 Å². The highest BCUT2D eigenvalue weighted by Crippen LogP contribution is 2.19. The third-order valence-electron chi connectivity index (χ3n) is 4.63. The first-order valence-electron chi connectivity index (χ1n) is 8.80. The second-order valence-corrected chi connectivity index (χ2v) is 7.06. The minimum absolute atomic E-state index is 0.130. The molecule has 146 valence electrons. The highest BCUT2D eigenvalue weighted by Gasteiger charge is 2.20. The maximum atomic E-state index is 12.5.